The Morgan fingerprint density at radius 3 is 2.14 bits per heavy atom. The van der Waals surface area contributed by atoms with Gasteiger partial charge in [0.05, 0.1) is 0 Å². The molecule has 0 spiro atoms. The molecule has 1 N–H and O–H groups in total. The first-order valence-corrected chi connectivity index (χ1v) is 2.56. The van der Waals surface area contributed by atoms with Crippen molar-refractivity contribution in [1.82, 2.24) is 5.32 Å². The van der Waals surface area contributed by atoms with Gasteiger partial charge in [-0.1, -0.05) is 18.8 Å². The molecule has 0 aromatic heterocycles. The van der Waals surface area contributed by atoms with Gasteiger partial charge in [-0.3, -0.25) is 5.32 Å². The summed E-state index contributed by atoms with van der Waals surface area (Å²) in [6, 6.07) is 0. The molecule has 0 amide bonds. The average molecular weight is 95.1 g/mol. The summed E-state index contributed by atoms with van der Waals surface area (Å²) in [5.74, 6) is 5.97. The van der Waals surface area contributed by atoms with Gasteiger partial charge in [0.15, 0.2) is 0 Å². The average Bonchev–Trinajstić information content (AvgIpc) is 2.46. The Kier molecular flexibility index (Phi) is 0.831. The molecule has 1 aliphatic rings. The van der Waals surface area contributed by atoms with Gasteiger partial charge in [0.2, 0.25) is 0 Å². The molecule has 7 heavy (non-hydrogen) atoms. The van der Waals surface area contributed by atoms with Crippen LogP contribution >= 0.6 is 0 Å². The molecule has 1 rings (SSSR count). The number of hydrogen-bond donors (Lipinski definition) is 1. The molecule has 0 fully saturated rings. The van der Waals surface area contributed by atoms with E-state index in [1.807, 2.05) is 7.05 Å². The van der Waals surface area contributed by atoms with Gasteiger partial charge in [0.25, 0.3) is 0 Å². The molecule has 0 unspecified atom stereocenters. The third-order valence-corrected chi connectivity index (χ3v) is 1.38. The Balaban J connectivity index is 2.32. The van der Waals surface area contributed by atoms with Crippen LogP contribution in [0.2, 0.25) is 0 Å². The van der Waals surface area contributed by atoms with Crippen LogP contribution in [0.15, 0.2) is 0 Å². The van der Waals surface area contributed by atoms with Crippen LogP contribution in [0.25, 0.3) is 0 Å². The second-order valence-corrected chi connectivity index (χ2v) is 1.76. The first kappa shape index (κ1) is 4.67. The second kappa shape index (κ2) is 1.24. The zero-order valence-electron chi connectivity index (χ0n) is 4.71. The predicted octanol–water partition coefficient (Wildman–Crippen LogP) is 0.372. The summed E-state index contributed by atoms with van der Waals surface area (Å²) < 4.78 is 0. The molecular formula is C6H9N. The Morgan fingerprint density at radius 1 is 1.57 bits per heavy atom. The first-order valence-electron chi connectivity index (χ1n) is 2.56. The number of nitrogens with one attached hydrogen (secondary N) is 1. The zero-order valence-corrected chi connectivity index (χ0v) is 4.71. The lowest BCUT2D eigenvalue weighted by Crippen LogP contribution is -2.29. The van der Waals surface area contributed by atoms with E-state index in [0.717, 1.165) is 6.42 Å². The molecule has 0 radical (unpaired) electrons. The van der Waals surface area contributed by atoms with Gasteiger partial charge >= 0.3 is 0 Å². The maximum Gasteiger partial charge on any atom is 0.141 e. The number of rotatable bonds is 2. The molecule has 38 valence electrons. The smallest absolute Gasteiger partial charge is 0.141 e. The molecule has 0 aliphatic heterocycles. The van der Waals surface area contributed by atoms with Crippen LogP contribution in [-0.2, 0) is 0 Å². The summed E-state index contributed by atoms with van der Waals surface area (Å²) in [5.41, 5.74) is 0.0833. The van der Waals surface area contributed by atoms with Gasteiger partial charge in [-0.25, -0.2) is 0 Å². The topological polar surface area (TPSA) is 12.0 Å². The normalized spacial score (nSPS) is 20.3. The molecule has 0 saturated carbocycles. The van der Waals surface area contributed by atoms with Crippen molar-refractivity contribution in [3.63, 3.8) is 0 Å². The molecule has 0 aromatic carbocycles. The fourth-order valence-corrected chi connectivity index (χ4v) is 0.554. The quantitative estimate of drug-likeness (QED) is 0.489. The molecule has 0 aromatic rings. The molecule has 0 atom stereocenters. The van der Waals surface area contributed by atoms with E-state index in [1.54, 1.807) is 0 Å². The maximum atomic E-state index is 3.08. The van der Waals surface area contributed by atoms with Crippen LogP contribution in [0.5, 0.6) is 0 Å². The van der Waals surface area contributed by atoms with Crippen molar-refractivity contribution >= 4 is 0 Å². The minimum Gasteiger partial charge on any atom is -0.294 e. The Bertz CT molecular complexity index is 113. The van der Waals surface area contributed by atoms with E-state index < -0.39 is 0 Å². The van der Waals surface area contributed by atoms with Crippen molar-refractivity contribution in [3.8, 4) is 11.8 Å². The van der Waals surface area contributed by atoms with Crippen LogP contribution in [0.3, 0.4) is 0 Å². The summed E-state index contributed by atoms with van der Waals surface area (Å²) in [6.45, 7) is 2.11. The summed E-state index contributed by atoms with van der Waals surface area (Å²) >= 11 is 0. The minimum atomic E-state index is 0.0833. The Hall–Kier alpha value is -0.480. The van der Waals surface area contributed by atoms with Gasteiger partial charge < -0.3 is 0 Å². The van der Waals surface area contributed by atoms with E-state index in [2.05, 4.69) is 24.1 Å². The summed E-state index contributed by atoms with van der Waals surface area (Å²) in [6.07, 6.45) is 1.07. The molecule has 1 heteroatoms. The van der Waals surface area contributed by atoms with Crippen molar-refractivity contribution < 1.29 is 0 Å². The largest absolute Gasteiger partial charge is 0.294 e. The van der Waals surface area contributed by atoms with Crippen LogP contribution in [0, 0.1) is 11.8 Å². The summed E-state index contributed by atoms with van der Waals surface area (Å²) in [4.78, 5) is 0. The lowest BCUT2D eigenvalue weighted by molar-refractivity contribution is 0.596. The SMILES string of the molecule is CCC1(NC)C#C1. The Morgan fingerprint density at radius 2 is 2.14 bits per heavy atom. The fourth-order valence-electron chi connectivity index (χ4n) is 0.554. The standard InChI is InChI=1S/C6H9N/c1-3-6(7-2)4-5-6/h7H,3H2,1-2H3. The highest BCUT2D eigenvalue weighted by molar-refractivity contribution is 5.46. The van der Waals surface area contributed by atoms with Crippen molar-refractivity contribution in [2.24, 2.45) is 0 Å². The predicted molar refractivity (Wildman–Crippen MR) is 29.9 cm³/mol. The fraction of sp³-hybridized carbons (Fsp3) is 0.667. The molecule has 0 heterocycles. The molecule has 1 nitrogen and oxygen atoms in total. The molecule has 0 bridgehead atoms. The highest BCUT2D eigenvalue weighted by Crippen LogP contribution is 2.15. The molecular weight excluding hydrogens is 86.1 g/mol. The zero-order chi connectivity index (χ0) is 5.33. The van der Waals surface area contributed by atoms with E-state index in [-0.39, 0.29) is 5.54 Å². The lowest BCUT2D eigenvalue weighted by atomic mass is 10.1. The van der Waals surface area contributed by atoms with Gasteiger partial charge in [-0.05, 0) is 13.5 Å². The van der Waals surface area contributed by atoms with E-state index in [0.29, 0.717) is 0 Å². The van der Waals surface area contributed by atoms with Crippen molar-refractivity contribution in [3.05, 3.63) is 0 Å². The van der Waals surface area contributed by atoms with E-state index in [4.69, 9.17) is 0 Å². The summed E-state index contributed by atoms with van der Waals surface area (Å²) in [7, 11) is 1.93. The van der Waals surface area contributed by atoms with Gasteiger partial charge in [-0.2, -0.15) is 0 Å². The third kappa shape index (κ3) is 0.618. The molecule has 0 saturated heterocycles. The van der Waals surface area contributed by atoms with E-state index >= 15 is 0 Å². The maximum absolute atomic E-state index is 3.08. The lowest BCUT2D eigenvalue weighted by Gasteiger charge is -2.06. The molecule has 1 aliphatic carbocycles. The number of hydrogen-bond acceptors (Lipinski definition) is 1. The van der Waals surface area contributed by atoms with E-state index in [1.165, 1.54) is 0 Å². The third-order valence-electron chi connectivity index (χ3n) is 1.38. The van der Waals surface area contributed by atoms with Gasteiger partial charge in [0.1, 0.15) is 5.54 Å². The van der Waals surface area contributed by atoms with E-state index in [9.17, 15) is 0 Å². The van der Waals surface area contributed by atoms with Crippen LogP contribution in [-0.4, -0.2) is 12.6 Å². The van der Waals surface area contributed by atoms with Crippen molar-refractivity contribution in [2.45, 2.75) is 18.9 Å². The highest BCUT2D eigenvalue weighted by atomic mass is 14.9. The van der Waals surface area contributed by atoms with Crippen LogP contribution in [0.1, 0.15) is 13.3 Å². The van der Waals surface area contributed by atoms with Gasteiger partial charge in [0, 0.05) is 0 Å². The van der Waals surface area contributed by atoms with Crippen LogP contribution in [0.4, 0.5) is 0 Å². The monoisotopic (exact) mass is 95.1 g/mol. The van der Waals surface area contributed by atoms with Crippen molar-refractivity contribution in [1.29, 1.82) is 0 Å². The summed E-state index contributed by atoms with van der Waals surface area (Å²) in [5, 5.41) is 3.08. The minimum absolute atomic E-state index is 0.0833. The second-order valence-electron chi connectivity index (χ2n) is 1.76. The first-order chi connectivity index (χ1) is 3.33. The highest BCUT2D eigenvalue weighted by Gasteiger charge is 2.28. The Labute approximate surface area is 44.1 Å². The van der Waals surface area contributed by atoms with Gasteiger partial charge in [-0.15, -0.1) is 0 Å². The van der Waals surface area contributed by atoms with Crippen LogP contribution < -0.4 is 5.32 Å². The van der Waals surface area contributed by atoms with Crippen molar-refractivity contribution in [2.75, 3.05) is 7.05 Å².